The topological polar surface area (TPSA) is 0 Å². The lowest BCUT2D eigenvalue weighted by Crippen LogP contribution is -1.91. The van der Waals surface area contributed by atoms with Gasteiger partial charge in [0.15, 0.2) is 0 Å². The van der Waals surface area contributed by atoms with Gasteiger partial charge in [-0.3, -0.25) is 0 Å². The van der Waals surface area contributed by atoms with E-state index in [1.807, 2.05) is 0 Å². The maximum absolute atomic E-state index is 3.94. The van der Waals surface area contributed by atoms with Crippen molar-refractivity contribution in [2.24, 2.45) is 11.8 Å². The first kappa shape index (κ1) is 10.7. The van der Waals surface area contributed by atoms with Crippen molar-refractivity contribution in [1.82, 2.24) is 0 Å². The fourth-order valence-corrected chi connectivity index (χ4v) is 1.06. The highest BCUT2D eigenvalue weighted by Gasteiger charge is 1.96. The summed E-state index contributed by atoms with van der Waals surface area (Å²) in [6.45, 7) is 10.6. The molecule has 1 radical (unpaired) electrons. The fraction of sp³-hybridized carbons (Fsp3) is 0.727. The molecule has 0 amide bonds. The van der Waals surface area contributed by atoms with Crippen LogP contribution in [0.2, 0.25) is 0 Å². The van der Waals surface area contributed by atoms with Gasteiger partial charge in [-0.15, -0.1) is 0 Å². The third kappa shape index (κ3) is 6.15. The van der Waals surface area contributed by atoms with Gasteiger partial charge in [0, 0.05) is 0 Å². The quantitative estimate of drug-likeness (QED) is 0.526. The zero-order chi connectivity index (χ0) is 8.69. The van der Waals surface area contributed by atoms with Gasteiger partial charge in [-0.25, -0.2) is 0 Å². The number of rotatable bonds is 5. The molecule has 0 nitrogen and oxygen atoms in total. The predicted molar refractivity (Wildman–Crippen MR) is 52.4 cm³/mol. The van der Waals surface area contributed by atoms with Crippen molar-refractivity contribution in [3.8, 4) is 0 Å². The second kappa shape index (κ2) is 6.45. The van der Waals surface area contributed by atoms with Gasteiger partial charge >= 0.3 is 0 Å². The molecule has 0 aromatic rings. The molecule has 1 atom stereocenters. The molecule has 0 saturated heterocycles. The van der Waals surface area contributed by atoms with Gasteiger partial charge in [0.2, 0.25) is 0 Å². The zero-order valence-corrected chi connectivity index (χ0v) is 8.14. The van der Waals surface area contributed by atoms with E-state index in [1.165, 1.54) is 12.8 Å². The summed E-state index contributed by atoms with van der Waals surface area (Å²) < 4.78 is 0. The van der Waals surface area contributed by atoms with E-state index in [2.05, 4.69) is 39.8 Å². The molecule has 0 fully saturated rings. The summed E-state index contributed by atoms with van der Waals surface area (Å²) in [5, 5.41) is 0. The van der Waals surface area contributed by atoms with E-state index < -0.39 is 0 Å². The molecule has 65 valence electrons. The van der Waals surface area contributed by atoms with E-state index in [0.29, 0.717) is 5.92 Å². The smallest absolute Gasteiger partial charge is 0.0239 e. The summed E-state index contributed by atoms with van der Waals surface area (Å²) in [5.41, 5.74) is 0. The summed E-state index contributed by atoms with van der Waals surface area (Å²) in [7, 11) is 0. The maximum Gasteiger partial charge on any atom is -0.0239 e. The first-order chi connectivity index (χ1) is 5.20. The maximum atomic E-state index is 3.94. The highest BCUT2D eigenvalue weighted by molar-refractivity contribution is 4.88. The Kier molecular flexibility index (Phi) is 6.30. The second-order valence-electron chi connectivity index (χ2n) is 3.35. The number of hydrogen-bond donors (Lipinski definition) is 0. The van der Waals surface area contributed by atoms with Crippen LogP contribution in [-0.4, -0.2) is 0 Å². The molecule has 0 aliphatic rings. The molecule has 0 heterocycles. The van der Waals surface area contributed by atoms with Crippen LogP contribution in [0.25, 0.3) is 0 Å². The largest absolute Gasteiger partial charge is 0.0880 e. The number of hydrogen-bond acceptors (Lipinski definition) is 0. The molecule has 0 spiro atoms. The lowest BCUT2D eigenvalue weighted by molar-refractivity contribution is 0.601. The van der Waals surface area contributed by atoms with Crippen LogP contribution < -0.4 is 0 Å². The predicted octanol–water partition coefficient (Wildman–Crippen LogP) is 3.84. The van der Waals surface area contributed by atoms with E-state index >= 15 is 0 Å². The minimum atomic E-state index is 0.556. The van der Waals surface area contributed by atoms with Gasteiger partial charge in [-0.05, 0) is 31.1 Å². The minimum absolute atomic E-state index is 0.556. The van der Waals surface area contributed by atoms with E-state index in [4.69, 9.17) is 0 Å². The molecule has 0 rings (SSSR count). The Balaban J connectivity index is 3.53. The van der Waals surface area contributed by atoms with Crippen LogP contribution in [0, 0.1) is 18.8 Å². The van der Waals surface area contributed by atoms with Gasteiger partial charge in [0.05, 0.1) is 0 Å². The molecule has 0 aliphatic heterocycles. The molecule has 0 bridgehead atoms. The Hall–Kier alpha value is -0.260. The molecule has 0 heteroatoms. The molecular weight excluding hydrogens is 132 g/mol. The van der Waals surface area contributed by atoms with Crippen LogP contribution in [0.15, 0.2) is 12.2 Å². The van der Waals surface area contributed by atoms with Crippen molar-refractivity contribution in [2.45, 2.75) is 40.0 Å². The van der Waals surface area contributed by atoms with E-state index in [0.717, 1.165) is 12.3 Å². The summed E-state index contributed by atoms with van der Waals surface area (Å²) >= 11 is 0. The summed E-state index contributed by atoms with van der Waals surface area (Å²) in [5.74, 6) is 1.34. The Morgan fingerprint density at radius 1 is 1.27 bits per heavy atom. The van der Waals surface area contributed by atoms with Crippen molar-refractivity contribution < 1.29 is 0 Å². The van der Waals surface area contributed by atoms with Crippen LogP contribution in [0.1, 0.15) is 40.0 Å². The van der Waals surface area contributed by atoms with Crippen molar-refractivity contribution in [3.63, 3.8) is 0 Å². The fourth-order valence-electron chi connectivity index (χ4n) is 1.06. The molecule has 0 saturated carbocycles. The molecule has 0 aromatic heterocycles. The summed E-state index contributed by atoms with van der Waals surface area (Å²) in [4.78, 5) is 0. The van der Waals surface area contributed by atoms with Gasteiger partial charge in [-0.1, -0.05) is 39.8 Å². The molecule has 0 aliphatic carbocycles. The van der Waals surface area contributed by atoms with E-state index in [-0.39, 0.29) is 0 Å². The monoisotopic (exact) mass is 153 g/mol. The average molecular weight is 153 g/mol. The van der Waals surface area contributed by atoms with Gasteiger partial charge in [0.1, 0.15) is 0 Å². The zero-order valence-electron chi connectivity index (χ0n) is 8.14. The van der Waals surface area contributed by atoms with Crippen molar-refractivity contribution in [2.75, 3.05) is 0 Å². The molecule has 11 heavy (non-hydrogen) atoms. The summed E-state index contributed by atoms with van der Waals surface area (Å²) in [6.07, 6.45) is 8.25. The molecule has 1 unspecified atom stereocenters. The van der Waals surface area contributed by atoms with Gasteiger partial charge < -0.3 is 0 Å². The normalized spacial score (nSPS) is 12.2. The van der Waals surface area contributed by atoms with Crippen LogP contribution in [0.5, 0.6) is 0 Å². The first-order valence-corrected chi connectivity index (χ1v) is 4.70. The lowest BCUT2D eigenvalue weighted by atomic mass is 10.0. The van der Waals surface area contributed by atoms with Crippen molar-refractivity contribution in [1.29, 1.82) is 0 Å². The lowest BCUT2D eigenvalue weighted by Gasteiger charge is -2.05. The SMILES string of the molecule is [CH2]C(C)CC=CC(CC)CC. The number of allylic oxidation sites excluding steroid dienone is 2. The Morgan fingerprint density at radius 3 is 2.18 bits per heavy atom. The Bertz CT molecular complexity index is 96.6. The summed E-state index contributed by atoms with van der Waals surface area (Å²) in [6, 6.07) is 0. The standard InChI is InChI=1S/C11H21/c1-5-11(6-2)9-7-8-10(3)4/h7,9-11H,3,5-6,8H2,1-2,4H3. The Morgan fingerprint density at radius 2 is 1.82 bits per heavy atom. The third-order valence-electron chi connectivity index (χ3n) is 2.00. The van der Waals surface area contributed by atoms with Crippen LogP contribution in [0.4, 0.5) is 0 Å². The molecule has 0 N–H and O–H groups in total. The second-order valence-corrected chi connectivity index (χ2v) is 3.35. The van der Waals surface area contributed by atoms with Crippen LogP contribution in [0.3, 0.4) is 0 Å². The van der Waals surface area contributed by atoms with Crippen LogP contribution in [-0.2, 0) is 0 Å². The Labute approximate surface area is 71.7 Å². The van der Waals surface area contributed by atoms with E-state index in [1.54, 1.807) is 0 Å². The van der Waals surface area contributed by atoms with Gasteiger partial charge in [-0.2, -0.15) is 0 Å². The highest BCUT2D eigenvalue weighted by atomic mass is 14.0. The van der Waals surface area contributed by atoms with Gasteiger partial charge in [0.25, 0.3) is 0 Å². The third-order valence-corrected chi connectivity index (χ3v) is 2.00. The minimum Gasteiger partial charge on any atom is -0.0880 e. The molecule has 0 aromatic carbocycles. The first-order valence-electron chi connectivity index (χ1n) is 4.70. The van der Waals surface area contributed by atoms with Crippen LogP contribution >= 0.6 is 0 Å². The highest BCUT2D eigenvalue weighted by Crippen LogP contribution is 2.10. The van der Waals surface area contributed by atoms with Crippen molar-refractivity contribution in [3.05, 3.63) is 19.1 Å². The van der Waals surface area contributed by atoms with Crippen molar-refractivity contribution >= 4 is 0 Å². The average Bonchev–Trinajstić information content (AvgIpc) is 1.98. The molecular formula is C11H21. The van der Waals surface area contributed by atoms with E-state index in [9.17, 15) is 0 Å².